The summed E-state index contributed by atoms with van der Waals surface area (Å²) in [6, 6.07) is 12.4. The molecular formula is C19H14ClNO4S. The quantitative estimate of drug-likeness (QED) is 0.485. The number of hydrogen-bond donors (Lipinski definition) is 1. The molecule has 2 amide bonds. The van der Waals surface area contributed by atoms with E-state index in [4.69, 9.17) is 16.3 Å². The van der Waals surface area contributed by atoms with Crippen molar-refractivity contribution in [2.24, 2.45) is 0 Å². The van der Waals surface area contributed by atoms with Crippen LogP contribution >= 0.6 is 23.4 Å². The number of nitrogens with one attached hydrogen (secondary N) is 1. The Bertz CT molecular complexity index is 939. The predicted molar refractivity (Wildman–Crippen MR) is 101 cm³/mol. The van der Waals surface area contributed by atoms with E-state index in [1.54, 1.807) is 24.3 Å². The Kier molecular flexibility index (Phi) is 5.44. The first kappa shape index (κ1) is 18.2. The number of halogens is 1. The molecule has 1 N–H and O–H groups in total. The molecule has 0 spiro atoms. The van der Waals surface area contributed by atoms with E-state index < -0.39 is 17.1 Å². The molecule has 1 heterocycles. The standard InChI is InChI=1S/C19H14ClNO4S/c1-11-3-2-4-12(7-11)10-17(22)25-15-6-5-13(8-14(15)20)9-16-18(23)21-19(24)26-16/h2-9H,10H2,1H3,(H,21,23,24). The number of rotatable bonds is 4. The number of carbonyl (C=O) groups is 3. The van der Waals surface area contributed by atoms with Crippen molar-refractivity contribution in [1.29, 1.82) is 0 Å². The van der Waals surface area contributed by atoms with Gasteiger partial charge < -0.3 is 4.74 Å². The normalized spacial score (nSPS) is 15.2. The molecule has 0 saturated carbocycles. The van der Waals surface area contributed by atoms with Crippen LogP contribution in [-0.2, 0) is 16.0 Å². The van der Waals surface area contributed by atoms with Gasteiger partial charge in [0.15, 0.2) is 0 Å². The van der Waals surface area contributed by atoms with Crippen molar-refractivity contribution < 1.29 is 19.1 Å². The van der Waals surface area contributed by atoms with Crippen molar-refractivity contribution in [1.82, 2.24) is 5.32 Å². The summed E-state index contributed by atoms with van der Waals surface area (Å²) in [6.07, 6.45) is 1.69. The smallest absolute Gasteiger partial charge is 0.315 e. The van der Waals surface area contributed by atoms with Gasteiger partial charge in [-0.05, 0) is 48.0 Å². The highest BCUT2D eigenvalue weighted by atomic mass is 35.5. The van der Waals surface area contributed by atoms with Crippen LogP contribution < -0.4 is 10.1 Å². The number of imide groups is 1. The van der Waals surface area contributed by atoms with E-state index in [2.05, 4.69) is 5.32 Å². The van der Waals surface area contributed by atoms with Crippen molar-refractivity contribution in [3.05, 3.63) is 69.1 Å². The molecule has 0 unspecified atom stereocenters. The third kappa shape index (κ3) is 4.53. The summed E-state index contributed by atoms with van der Waals surface area (Å²) in [5.74, 6) is -0.615. The molecule has 0 aromatic heterocycles. The maximum absolute atomic E-state index is 12.1. The van der Waals surface area contributed by atoms with E-state index in [1.807, 2.05) is 31.2 Å². The Hall–Kier alpha value is -2.57. The van der Waals surface area contributed by atoms with E-state index >= 15 is 0 Å². The lowest BCUT2D eigenvalue weighted by molar-refractivity contribution is -0.133. The van der Waals surface area contributed by atoms with Crippen molar-refractivity contribution in [3.63, 3.8) is 0 Å². The van der Waals surface area contributed by atoms with Crippen LogP contribution in [0.4, 0.5) is 4.79 Å². The van der Waals surface area contributed by atoms with Crippen LogP contribution in [-0.4, -0.2) is 17.1 Å². The van der Waals surface area contributed by atoms with Gasteiger partial charge in [0.1, 0.15) is 5.75 Å². The first-order valence-electron chi connectivity index (χ1n) is 7.71. The maximum Gasteiger partial charge on any atom is 0.315 e. The fourth-order valence-corrected chi connectivity index (χ4v) is 3.32. The number of carbonyl (C=O) groups excluding carboxylic acids is 3. The minimum absolute atomic E-state index is 0.142. The fraction of sp³-hybridized carbons (Fsp3) is 0.105. The largest absolute Gasteiger partial charge is 0.425 e. The number of hydrogen-bond acceptors (Lipinski definition) is 5. The third-order valence-corrected chi connectivity index (χ3v) is 4.66. The number of esters is 1. The van der Waals surface area contributed by atoms with Crippen LogP contribution in [0.3, 0.4) is 0 Å². The minimum Gasteiger partial charge on any atom is -0.425 e. The molecule has 1 aliphatic heterocycles. The number of aryl methyl sites for hydroxylation is 1. The van der Waals surface area contributed by atoms with Crippen molar-refractivity contribution in [2.75, 3.05) is 0 Å². The first-order valence-corrected chi connectivity index (χ1v) is 8.91. The summed E-state index contributed by atoms with van der Waals surface area (Å²) in [5.41, 5.74) is 2.56. The molecule has 0 radical (unpaired) electrons. The van der Waals surface area contributed by atoms with E-state index in [-0.39, 0.29) is 22.1 Å². The second-order valence-corrected chi connectivity index (χ2v) is 7.10. The Morgan fingerprint density at radius 3 is 2.69 bits per heavy atom. The molecule has 26 heavy (non-hydrogen) atoms. The zero-order valence-electron chi connectivity index (χ0n) is 13.7. The number of benzene rings is 2. The van der Waals surface area contributed by atoms with Gasteiger partial charge in [-0.3, -0.25) is 19.7 Å². The zero-order valence-corrected chi connectivity index (χ0v) is 15.3. The van der Waals surface area contributed by atoms with Gasteiger partial charge in [-0.25, -0.2) is 0 Å². The maximum atomic E-state index is 12.1. The van der Waals surface area contributed by atoms with Gasteiger partial charge >= 0.3 is 5.97 Å². The molecule has 7 heteroatoms. The molecule has 132 valence electrons. The molecule has 1 saturated heterocycles. The minimum atomic E-state index is -0.440. The second kappa shape index (κ2) is 7.76. The van der Waals surface area contributed by atoms with Gasteiger partial charge in [0, 0.05) is 0 Å². The Morgan fingerprint density at radius 2 is 2.04 bits per heavy atom. The van der Waals surface area contributed by atoms with E-state index in [9.17, 15) is 14.4 Å². The summed E-state index contributed by atoms with van der Waals surface area (Å²) in [6.45, 7) is 1.95. The molecule has 2 aromatic carbocycles. The summed E-state index contributed by atoms with van der Waals surface area (Å²) >= 11 is 7.00. The monoisotopic (exact) mass is 387 g/mol. The molecule has 1 aliphatic rings. The highest BCUT2D eigenvalue weighted by Gasteiger charge is 2.25. The van der Waals surface area contributed by atoms with Crippen LogP contribution in [0.1, 0.15) is 16.7 Å². The number of thioether (sulfide) groups is 1. The summed E-state index contributed by atoms with van der Waals surface area (Å²) < 4.78 is 5.32. The highest BCUT2D eigenvalue weighted by molar-refractivity contribution is 8.18. The van der Waals surface area contributed by atoms with E-state index in [0.29, 0.717) is 5.56 Å². The third-order valence-electron chi connectivity index (χ3n) is 3.55. The van der Waals surface area contributed by atoms with Gasteiger partial charge in [0.05, 0.1) is 16.3 Å². The van der Waals surface area contributed by atoms with Gasteiger partial charge in [-0.2, -0.15) is 0 Å². The van der Waals surface area contributed by atoms with Crippen molar-refractivity contribution in [2.45, 2.75) is 13.3 Å². The van der Waals surface area contributed by atoms with Crippen LogP contribution in [0.5, 0.6) is 5.75 Å². The molecule has 1 fully saturated rings. The Labute approximate surface area is 159 Å². The second-order valence-electron chi connectivity index (χ2n) is 5.68. The zero-order chi connectivity index (χ0) is 18.7. The van der Waals surface area contributed by atoms with Crippen LogP contribution in [0.15, 0.2) is 47.4 Å². The Balaban J connectivity index is 1.70. The van der Waals surface area contributed by atoms with E-state index in [0.717, 1.165) is 22.9 Å². The fourth-order valence-electron chi connectivity index (χ4n) is 2.41. The molecule has 2 aromatic rings. The summed E-state index contributed by atoms with van der Waals surface area (Å²) in [4.78, 5) is 35.1. The SMILES string of the molecule is Cc1cccc(CC(=O)Oc2ccc(C=C3SC(=O)NC3=O)cc2Cl)c1. The average Bonchev–Trinajstić information content (AvgIpc) is 2.87. The lowest BCUT2D eigenvalue weighted by atomic mass is 10.1. The molecule has 0 aliphatic carbocycles. The van der Waals surface area contributed by atoms with Gasteiger partial charge in [0.2, 0.25) is 0 Å². The molecule has 0 bridgehead atoms. The summed E-state index contributed by atoms with van der Waals surface area (Å²) in [7, 11) is 0. The van der Waals surface area contributed by atoms with Crippen LogP contribution in [0.25, 0.3) is 6.08 Å². The van der Waals surface area contributed by atoms with Crippen LogP contribution in [0, 0.1) is 6.92 Å². The molecule has 5 nitrogen and oxygen atoms in total. The van der Waals surface area contributed by atoms with Crippen molar-refractivity contribution >= 4 is 46.6 Å². The van der Waals surface area contributed by atoms with Gasteiger partial charge in [-0.1, -0.05) is 47.5 Å². The lowest BCUT2D eigenvalue weighted by Gasteiger charge is -2.07. The topological polar surface area (TPSA) is 72.5 Å². The average molecular weight is 388 g/mol. The number of ether oxygens (including phenoxy) is 1. The molecule has 3 rings (SSSR count). The van der Waals surface area contributed by atoms with Gasteiger partial charge in [0.25, 0.3) is 11.1 Å². The molecule has 0 atom stereocenters. The van der Waals surface area contributed by atoms with Gasteiger partial charge in [-0.15, -0.1) is 0 Å². The Morgan fingerprint density at radius 1 is 1.23 bits per heavy atom. The van der Waals surface area contributed by atoms with Crippen LogP contribution in [0.2, 0.25) is 5.02 Å². The van der Waals surface area contributed by atoms with E-state index in [1.165, 1.54) is 0 Å². The summed E-state index contributed by atoms with van der Waals surface area (Å²) in [5, 5.41) is 2.01. The first-order chi connectivity index (χ1) is 12.4. The lowest BCUT2D eigenvalue weighted by Crippen LogP contribution is -2.17. The molecular weight excluding hydrogens is 374 g/mol. The predicted octanol–water partition coefficient (Wildman–Crippen LogP) is 4.12. The number of amides is 2. The highest BCUT2D eigenvalue weighted by Crippen LogP contribution is 2.30. The van der Waals surface area contributed by atoms with Crippen molar-refractivity contribution in [3.8, 4) is 5.75 Å².